The predicted molar refractivity (Wildman–Crippen MR) is 121 cm³/mol. The summed E-state index contributed by atoms with van der Waals surface area (Å²) in [7, 11) is 0. The van der Waals surface area contributed by atoms with Crippen molar-refractivity contribution in [3.63, 3.8) is 0 Å². The van der Waals surface area contributed by atoms with Crippen LogP contribution in [0.4, 0.5) is 0 Å². The van der Waals surface area contributed by atoms with Crippen LogP contribution in [-0.4, -0.2) is 39.5 Å². The molecule has 1 saturated carbocycles. The monoisotopic (exact) mass is 519 g/mol. The Hall–Kier alpha value is -0.740. The number of carbonyl (C=O) groups excluding carboxylic acids is 1. The van der Waals surface area contributed by atoms with Crippen molar-refractivity contribution >= 4 is 39.8 Å². The van der Waals surface area contributed by atoms with E-state index in [2.05, 4.69) is 34.7 Å². The third kappa shape index (κ3) is 7.94. The lowest BCUT2D eigenvalue weighted by molar-refractivity contribution is -0.118. The van der Waals surface area contributed by atoms with E-state index in [9.17, 15) is 20.1 Å². The van der Waals surface area contributed by atoms with Crippen LogP contribution in [0.5, 0.6) is 0 Å². The number of aliphatic hydroxyl groups excluding tert-OH is 3. The lowest BCUT2D eigenvalue weighted by Crippen LogP contribution is -2.20. The molecule has 1 amide bonds. The highest BCUT2D eigenvalue weighted by atomic mass is 127. The number of nitrogens with two attached hydrogens (primary N) is 1. The molecule has 0 saturated heterocycles. The fraction of sp³-hybridized carbons (Fsp3) is 0.571. The fourth-order valence-electron chi connectivity index (χ4n) is 3.60. The van der Waals surface area contributed by atoms with Gasteiger partial charge in [-0.1, -0.05) is 24.3 Å². The number of aliphatic hydroxyl groups is 3. The first-order valence-corrected chi connectivity index (χ1v) is 11.7. The highest BCUT2D eigenvalue weighted by Crippen LogP contribution is 2.36. The van der Waals surface area contributed by atoms with E-state index in [1.807, 2.05) is 18.2 Å². The minimum atomic E-state index is -0.592. The highest BCUT2D eigenvalue weighted by Gasteiger charge is 2.39. The van der Waals surface area contributed by atoms with Crippen LogP contribution < -0.4 is 5.73 Å². The largest absolute Gasteiger partial charge is 0.393 e. The van der Waals surface area contributed by atoms with Gasteiger partial charge in [-0.25, -0.2) is 0 Å². The maximum atomic E-state index is 10.7. The van der Waals surface area contributed by atoms with E-state index < -0.39 is 18.3 Å². The molecule has 0 aromatic carbocycles. The van der Waals surface area contributed by atoms with Gasteiger partial charge < -0.3 is 21.1 Å². The highest BCUT2D eigenvalue weighted by molar-refractivity contribution is 14.1. The fourth-order valence-corrected chi connectivity index (χ4v) is 5.37. The zero-order valence-electron chi connectivity index (χ0n) is 15.9. The maximum Gasteiger partial charge on any atom is 0.217 e. The van der Waals surface area contributed by atoms with Crippen molar-refractivity contribution in [2.45, 2.75) is 63.3 Å². The molecule has 28 heavy (non-hydrogen) atoms. The summed E-state index contributed by atoms with van der Waals surface area (Å²) in [5.41, 5.74) is 5.12. The Morgan fingerprint density at radius 2 is 2.11 bits per heavy atom. The van der Waals surface area contributed by atoms with Gasteiger partial charge in [-0.3, -0.25) is 4.79 Å². The Morgan fingerprint density at radius 3 is 2.79 bits per heavy atom. The predicted octanol–water partition coefficient (Wildman–Crippen LogP) is 3.16. The van der Waals surface area contributed by atoms with Crippen molar-refractivity contribution in [2.24, 2.45) is 17.6 Å². The van der Waals surface area contributed by atoms with E-state index in [1.165, 1.54) is 7.76 Å². The standard InChI is InChI=1S/C21H30INO4S/c22-20-12-10-15(28-20)9-7-14(24)8-11-17-16(18(25)13-19(17)26)5-3-1-2-4-6-21(23)27/h1,3,8,10-12,14,16-19,24-26H,2,4-7,9,13H2,(H2,23,27)/t14-,16+,17+,18-,19+/m0/s1. The number of hydrogen-bond acceptors (Lipinski definition) is 5. The molecule has 2 rings (SSSR count). The number of amides is 1. The van der Waals surface area contributed by atoms with Gasteiger partial charge in [0, 0.05) is 23.6 Å². The topological polar surface area (TPSA) is 104 Å². The maximum absolute atomic E-state index is 10.7. The summed E-state index contributed by atoms with van der Waals surface area (Å²) in [6.45, 7) is 0. The normalized spacial score (nSPS) is 26.4. The molecule has 0 spiro atoms. The Kier molecular flexibility index (Phi) is 10.1. The summed E-state index contributed by atoms with van der Waals surface area (Å²) in [6.07, 6.45) is 10.3. The van der Waals surface area contributed by atoms with Crippen LogP contribution in [0, 0.1) is 14.7 Å². The molecule has 5 N–H and O–H groups in total. The minimum absolute atomic E-state index is 0.0651. The summed E-state index contributed by atoms with van der Waals surface area (Å²) in [6, 6.07) is 4.16. The van der Waals surface area contributed by atoms with Crippen molar-refractivity contribution in [3.05, 3.63) is 44.2 Å². The summed E-state index contributed by atoms with van der Waals surface area (Å²) in [5, 5.41) is 30.8. The van der Waals surface area contributed by atoms with Gasteiger partial charge >= 0.3 is 0 Å². The Bertz CT molecular complexity index is 675. The minimum Gasteiger partial charge on any atom is -0.393 e. The SMILES string of the molecule is NC(=O)CCCC=CC[C@@H]1[C@@H](C=C[C@@H](O)CCc2ccc(I)s2)[C@H](O)C[C@@H]1O. The van der Waals surface area contributed by atoms with Crippen molar-refractivity contribution in [3.8, 4) is 0 Å². The number of rotatable bonds is 11. The van der Waals surface area contributed by atoms with Gasteiger partial charge in [0.05, 0.1) is 21.2 Å². The van der Waals surface area contributed by atoms with Crippen LogP contribution in [0.2, 0.25) is 0 Å². The van der Waals surface area contributed by atoms with Gasteiger partial charge in [0.2, 0.25) is 5.91 Å². The van der Waals surface area contributed by atoms with Gasteiger partial charge in [0.1, 0.15) is 0 Å². The second-order valence-corrected chi connectivity index (χ2v) is 10.4. The van der Waals surface area contributed by atoms with Gasteiger partial charge in [-0.05, 0) is 72.7 Å². The lowest BCUT2D eigenvalue weighted by Gasteiger charge is -2.19. The van der Waals surface area contributed by atoms with Gasteiger partial charge in [0.25, 0.3) is 0 Å². The summed E-state index contributed by atoms with van der Waals surface area (Å²) in [5.74, 6) is -0.521. The van der Waals surface area contributed by atoms with E-state index in [-0.39, 0.29) is 17.7 Å². The first-order valence-electron chi connectivity index (χ1n) is 9.77. The molecule has 0 bridgehead atoms. The number of primary amides is 1. The average molecular weight is 519 g/mol. The Labute approximate surface area is 184 Å². The summed E-state index contributed by atoms with van der Waals surface area (Å²) >= 11 is 4.03. The molecule has 156 valence electrons. The molecule has 1 fully saturated rings. The van der Waals surface area contributed by atoms with Crippen molar-refractivity contribution in [1.29, 1.82) is 0 Å². The van der Waals surface area contributed by atoms with E-state index in [0.29, 0.717) is 25.7 Å². The number of aryl methyl sites for hydroxylation is 1. The molecule has 0 radical (unpaired) electrons. The van der Waals surface area contributed by atoms with Crippen LogP contribution in [0.1, 0.15) is 43.4 Å². The molecule has 5 nitrogen and oxygen atoms in total. The zero-order valence-corrected chi connectivity index (χ0v) is 18.9. The average Bonchev–Trinajstić information content (AvgIpc) is 3.16. The van der Waals surface area contributed by atoms with Gasteiger partial charge in [-0.2, -0.15) is 0 Å². The van der Waals surface area contributed by atoms with Crippen LogP contribution in [-0.2, 0) is 11.2 Å². The number of hydrogen-bond donors (Lipinski definition) is 4. The molecule has 0 aliphatic heterocycles. The molecule has 5 atom stereocenters. The van der Waals surface area contributed by atoms with Gasteiger partial charge in [-0.15, -0.1) is 11.3 Å². The molecule has 1 heterocycles. The number of halogens is 1. The lowest BCUT2D eigenvalue weighted by atomic mass is 9.89. The number of allylic oxidation sites excluding steroid dienone is 2. The van der Waals surface area contributed by atoms with Gasteiger partial charge in [0.15, 0.2) is 0 Å². The number of carbonyl (C=O) groups is 1. The molecule has 1 aliphatic rings. The van der Waals surface area contributed by atoms with Crippen LogP contribution in [0.15, 0.2) is 36.4 Å². The first kappa shape index (κ1) is 23.5. The first-order chi connectivity index (χ1) is 13.4. The third-order valence-corrected chi connectivity index (χ3v) is 7.11. The van der Waals surface area contributed by atoms with E-state index >= 15 is 0 Å². The smallest absolute Gasteiger partial charge is 0.217 e. The third-order valence-electron chi connectivity index (χ3n) is 5.16. The van der Waals surface area contributed by atoms with Crippen LogP contribution in [0.25, 0.3) is 0 Å². The molecular formula is C21H30INO4S. The van der Waals surface area contributed by atoms with Crippen molar-refractivity contribution in [2.75, 3.05) is 0 Å². The molecule has 0 unspecified atom stereocenters. The second kappa shape index (κ2) is 12.1. The quantitative estimate of drug-likeness (QED) is 0.205. The van der Waals surface area contributed by atoms with E-state index in [4.69, 9.17) is 5.73 Å². The van der Waals surface area contributed by atoms with Crippen LogP contribution in [0.3, 0.4) is 0 Å². The molecule has 1 aliphatic carbocycles. The number of unbranched alkanes of at least 4 members (excludes halogenated alkanes) is 1. The van der Waals surface area contributed by atoms with E-state index in [1.54, 1.807) is 17.4 Å². The van der Waals surface area contributed by atoms with E-state index in [0.717, 1.165) is 19.3 Å². The summed E-state index contributed by atoms with van der Waals surface area (Å²) in [4.78, 5) is 12.0. The Morgan fingerprint density at radius 1 is 1.32 bits per heavy atom. The van der Waals surface area contributed by atoms with Crippen molar-refractivity contribution in [1.82, 2.24) is 0 Å². The Balaban J connectivity index is 1.81. The van der Waals surface area contributed by atoms with Crippen LogP contribution >= 0.6 is 33.9 Å². The van der Waals surface area contributed by atoms with Crippen molar-refractivity contribution < 1.29 is 20.1 Å². The molecule has 1 aromatic heterocycles. The molecule has 1 aromatic rings. The zero-order chi connectivity index (χ0) is 20.5. The molecular weight excluding hydrogens is 489 g/mol. The molecule has 7 heteroatoms. The second-order valence-electron chi connectivity index (χ2n) is 7.37. The summed E-state index contributed by atoms with van der Waals surface area (Å²) < 4.78 is 1.24. The number of thiophene rings is 1.